The van der Waals surface area contributed by atoms with E-state index < -0.39 is 6.10 Å². The van der Waals surface area contributed by atoms with Gasteiger partial charge in [-0.3, -0.25) is 9.59 Å². The SMILES string of the molecule is CC[C@H](Oc1ccc(OC)cc1)C(=O)Nc1ccccc1C(=O)N1CCCC1. The van der Waals surface area contributed by atoms with Crippen molar-refractivity contribution in [1.82, 2.24) is 4.90 Å². The van der Waals surface area contributed by atoms with E-state index in [0.29, 0.717) is 23.4 Å². The Kier molecular flexibility index (Phi) is 6.53. The van der Waals surface area contributed by atoms with Crippen LogP contribution in [0, 0.1) is 0 Å². The van der Waals surface area contributed by atoms with Gasteiger partial charge in [-0.05, 0) is 55.7 Å². The number of carbonyl (C=O) groups excluding carboxylic acids is 2. The lowest BCUT2D eigenvalue weighted by Crippen LogP contribution is -2.34. The second kappa shape index (κ2) is 9.26. The Labute approximate surface area is 165 Å². The zero-order valence-electron chi connectivity index (χ0n) is 16.3. The van der Waals surface area contributed by atoms with E-state index in [1.165, 1.54) is 0 Å². The van der Waals surface area contributed by atoms with Gasteiger partial charge in [-0.15, -0.1) is 0 Å². The number of para-hydroxylation sites is 1. The quantitative estimate of drug-likeness (QED) is 0.792. The molecule has 2 amide bonds. The Morgan fingerprint density at radius 1 is 1.04 bits per heavy atom. The number of nitrogens with one attached hydrogen (secondary N) is 1. The summed E-state index contributed by atoms with van der Waals surface area (Å²) in [4.78, 5) is 27.4. The van der Waals surface area contributed by atoms with Gasteiger partial charge in [0.1, 0.15) is 11.5 Å². The van der Waals surface area contributed by atoms with E-state index in [0.717, 1.165) is 31.7 Å². The number of benzene rings is 2. The first-order valence-corrected chi connectivity index (χ1v) is 9.62. The van der Waals surface area contributed by atoms with Crippen LogP contribution in [-0.2, 0) is 4.79 Å². The zero-order valence-corrected chi connectivity index (χ0v) is 16.3. The van der Waals surface area contributed by atoms with Gasteiger partial charge < -0.3 is 19.7 Å². The van der Waals surface area contributed by atoms with Crippen molar-refractivity contribution in [3.05, 3.63) is 54.1 Å². The van der Waals surface area contributed by atoms with Crippen LogP contribution in [0.25, 0.3) is 0 Å². The standard InChI is InChI=1S/C22H26N2O4/c1-3-20(28-17-12-10-16(27-2)11-13-17)21(25)23-19-9-5-4-8-18(19)22(26)24-14-6-7-15-24/h4-5,8-13,20H,3,6-7,14-15H2,1-2H3,(H,23,25)/t20-/m0/s1. The van der Waals surface area contributed by atoms with Crippen LogP contribution >= 0.6 is 0 Å². The third kappa shape index (κ3) is 4.63. The molecule has 0 aromatic heterocycles. The van der Waals surface area contributed by atoms with Gasteiger partial charge in [0.2, 0.25) is 0 Å². The maximum atomic E-state index is 12.8. The smallest absolute Gasteiger partial charge is 0.265 e. The number of likely N-dealkylation sites (tertiary alicyclic amines) is 1. The summed E-state index contributed by atoms with van der Waals surface area (Å²) in [5.74, 6) is 0.987. The van der Waals surface area contributed by atoms with E-state index in [9.17, 15) is 9.59 Å². The number of amides is 2. The molecule has 1 aliphatic heterocycles. The van der Waals surface area contributed by atoms with Crippen molar-refractivity contribution < 1.29 is 19.1 Å². The van der Waals surface area contributed by atoms with Crippen molar-refractivity contribution in [3.63, 3.8) is 0 Å². The molecular weight excluding hydrogens is 356 g/mol. The number of methoxy groups -OCH3 is 1. The van der Waals surface area contributed by atoms with Gasteiger partial charge in [-0.2, -0.15) is 0 Å². The highest BCUT2D eigenvalue weighted by molar-refractivity contribution is 6.04. The second-order valence-corrected chi connectivity index (χ2v) is 6.72. The van der Waals surface area contributed by atoms with Crippen molar-refractivity contribution in [1.29, 1.82) is 0 Å². The molecule has 1 N–H and O–H groups in total. The Morgan fingerprint density at radius 3 is 2.32 bits per heavy atom. The molecular formula is C22H26N2O4. The third-order valence-electron chi connectivity index (χ3n) is 4.81. The number of anilines is 1. The summed E-state index contributed by atoms with van der Waals surface area (Å²) in [6.45, 7) is 3.41. The molecule has 0 bridgehead atoms. The van der Waals surface area contributed by atoms with Crippen LogP contribution < -0.4 is 14.8 Å². The summed E-state index contributed by atoms with van der Waals surface area (Å²) in [5.41, 5.74) is 1.03. The summed E-state index contributed by atoms with van der Waals surface area (Å²) in [6, 6.07) is 14.2. The van der Waals surface area contributed by atoms with E-state index in [-0.39, 0.29) is 11.8 Å². The van der Waals surface area contributed by atoms with Crippen LogP contribution in [0.15, 0.2) is 48.5 Å². The van der Waals surface area contributed by atoms with Crippen molar-refractivity contribution in [2.24, 2.45) is 0 Å². The maximum Gasteiger partial charge on any atom is 0.265 e. The van der Waals surface area contributed by atoms with Crippen LogP contribution in [0.1, 0.15) is 36.5 Å². The van der Waals surface area contributed by atoms with Crippen molar-refractivity contribution in [3.8, 4) is 11.5 Å². The summed E-state index contributed by atoms with van der Waals surface area (Å²) >= 11 is 0. The summed E-state index contributed by atoms with van der Waals surface area (Å²) in [7, 11) is 1.60. The second-order valence-electron chi connectivity index (χ2n) is 6.72. The fraction of sp³-hybridized carbons (Fsp3) is 0.364. The fourth-order valence-corrected chi connectivity index (χ4v) is 3.22. The van der Waals surface area contributed by atoms with E-state index in [1.54, 1.807) is 43.5 Å². The van der Waals surface area contributed by atoms with Gasteiger partial charge in [0.25, 0.3) is 11.8 Å². The number of hydrogen-bond acceptors (Lipinski definition) is 4. The molecule has 1 aliphatic rings. The molecule has 28 heavy (non-hydrogen) atoms. The summed E-state index contributed by atoms with van der Waals surface area (Å²) < 4.78 is 11.0. The topological polar surface area (TPSA) is 67.9 Å². The third-order valence-corrected chi connectivity index (χ3v) is 4.81. The van der Waals surface area contributed by atoms with Gasteiger partial charge in [-0.1, -0.05) is 19.1 Å². The van der Waals surface area contributed by atoms with Gasteiger partial charge in [0, 0.05) is 13.1 Å². The molecule has 3 rings (SSSR count). The Morgan fingerprint density at radius 2 is 1.68 bits per heavy atom. The highest BCUT2D eigenvalue weighted by atomic mass is 16.5. The number of ether oxygens (including phenoxy) is 2. The van der Waals surface area contributed by atoms with E-state index >= 15 is 0 Å². The van der Waals surface area contributed by atoms with Crippen LogP contribution in [-0.4, -0.2) is 43.0 Å². The molecule has 0 spiro atoms. The largest absolute Gasteiger partial charge is 0.497 e. The number of carbonyl (C=O) groups is 2. The van der Waals surface area contributed by atoms with Gasteiger partial charge in [0.05, 0.1) is 18.4 Å². The Balaban J connectivity index is 1.71. The molecule has 1 fully saturated rings. The Hall–Kier alpha value is -3.02. The molecule has 6 heteroatoms. The molecule has 1 atom stereocenters. The predicted molar refractivity (Wildman–Crippen MR) is 108 cm³/mol. The van der Waals surface area contributed by atoms with Crippen LogP contribution in [0.5, 0.6) is 11.5 Å². The first-order chi connectivity index (χ1) is 13.6. The average Bonchev–Trinajstić information content (AvgIpc) is 3.27. The van der Waals surface area contributed by atoms with Crippen LogP contribution in [0.4, 0.5) is 5.69 Å². The lowest BCUT2D eigenvalue weighted by molar-refractivity contribution is -0.122. The highest BCUT2D eigenvalue weighted by Crippen LogP contribution is 2.22. The van der Waals surface area contributed by atoms with Crippen molar-refractivity contribution in [2.75, 3.05) is 25.5 Å². The van der Waals surface area contributed by atoms with Gasteiger partial charge in [0.15, 0.2) is 6.10 Å². The van der Waals surface area contributed by atoms with Crippen LogP contribution in [0.2, 0.25) is 0 Å². The highest BCUT2D eigenvalue weighted by Gasteiger charge is 2.24. The molecule has 148 valence electrons. The maximum absolute atomic E-state index is 12.8. The molecule has 1 saturated heterocycles. The molecule has 1 heterocycles. The van der Waals surface area contributed by atoms with Crippen molar-refractivity contribution >= 4 is 17.5 Å². The first-order valence-electron chi connectivity index (χ1n) is 9.62. The summed E-state index contributed by atoms with van der Waals surface area (Å²) in [6.07, 6.45) is 1.88. The number of nitrogens with zero attached hydrogens (tertiary/aromatic N) is 1. The monoisotopic (exact) mass is 382 g/mol. The number of rotatable bonds is 7. The van der Waals surface area contributed by atoms with E-state index in [1.807, 2.05) is 24.0 Å². The lowest BCUT2D eigenvalue weighted by Gasteiger charge is -2.20. The average molecular weight is 382 g/mol. The Bertz CT molecular complexity index is 814. The minimum atomic E-state index is -0.664. The van der Waals surface area contributed by atoms with Gasteiger partial charge in [-0.25, -0.2) is 0 Å². The first kappa shape index (κ1) is 19.7. The summed E-state index contributed by atoms with van der Waals surface area (Å²) in [5, 5.41) is 2.87. The minimum Gasteiger partial charge on any atom is -0.497 e. The lowest BCUT2D eigenvalue weighted by atomic mass is 10.1. The number of hydrogen-bond donors (Lipinski definition) is 1. The molecule has 0 saturated carbocycles. The minimum absolute atomic E-state index is 0.0440. The zero-order chi connectivity index (χ0) is 19.9. The molecule has 2 aromatic rings. The molecule has 6 nitrogen and oxygen atoms in total. The normalized spacial score (nSPS) is 14.4. The van der Waals surface area contributed by atoms with Crippen molar-refractivity contribution in [2.45, 2.75) is 32.3 Å². The fourth-order valence-electron chi connectivity index (χ4n) is 3.22. The molecule has 2 aromatic carbocycles. The van der Waals surface area contributed by atoms with Crippen LogP contribution in [0.3, 0.4) is 0 Å². The predicted octanol–water partition coefficient (Wildman–Crippen LogP) is 3.73. The molecule has 0 radical (unpaired) electrons. The molecule has 0 unspecified atom stereocenters. The van der Waals surface area contributed by atoms with Gasteiger partial charge >= 0.3 is 0 Å². The van der Waals surface area contributed by atoms with E-state index in [2.05, 4.69) is 5.32 Å². The molecule has 0 aliphatic carbocycles. The van der Waals surface area contributed by atoms with E-state index in [4.69, 9.17) is 9.47 Å².